The maximum absolute atomic E-state index is 11.2. The predicted octanol–water partition coefficient (Wildman–Crippen LogP) is 4.01. The van der Waals surface area contributed by atoms with Gasteiger partial charge in [-0.25, -0.2) is 4.98 Å². The highest BCUT2D eigenvalue weighted by Gasteiger charge is 2.19. The number of hydrogen-bond acceptors (Lipinski definition) is 7. The molecule has 1 aromatic carbocycles. The Kier molecular flexibility index (Phi) is 9.73. The number of carboxylic acid groups (broad SMARTS) is 1. The van der Waals surface area contributed by atoms with Gasteiger partial charge < -0.3 is 20.9 Å². The molecule has 0 amide bonds. The van der Waals surface area contributed by atoms with Crippen LogP contribution in [0, 0.1) is 0 Å². The van der Waals surface area contributed by atoms with Crippen molar-refractivity contribution >= 4 is 29.5 Å². The van der Waals surface area contributed by atoms with Gasteiger partial charge in [0.25, 0.3) is 0 Å². The highest BCUT2D eigenvalue weighted by molar-refractivity contribution is 7.98. The van der Waals surface area contributed by atoms with E-state index in [1.54, 1.807) is 7.11 Å². The van der Waals surface area contributed by atoms with E-state index in [4.69, 9.17) is 10.5 Å². The molecule has 0 spiro atoms. The molecular formula is C22H32N4O3S. The number of nitrogens with two attached hydrogens (primary N) is 1. The summed E-state index contributed by atoms with van der Waals surface area (Å²) in [6.07, 6.45) is 6.00. The van der Waals surface area contributed by atoms with Gasteiger partial charge in [-0.05, 0) is 36.5 Å². The molecule has 0 saturated carbocycles. The SMILES string of the molecule is CCC[C@@H](CCSC)Nc1nc(N)nc(CCC(=O)O)c1Cc1ccccc1OC. The number of para-hydroxylation sites is 1. The van der Waals surface area contributed by atoms with Gasteiger partial charge >= 0.3 is 5.97 Å². The molecule has 30 heavy (non-hydrogen) atoms. The van der Waals surface area contributed by atoms with E-state index in [-0.39, 0.29) is 18.4 Å². The molecule has 7 nitrogen and oxygen atoms in total. The van der Waals surface area contributed by atoms with Crippen LogP contribution in [-0.2, 0) is 17.6 Å². The molecule has 0 bridgehead atoms. The number of ether oxygens (including phenoxy) is 1. The summed E-state index contributed by atoms with van der Waals surface area (Å²) in [5.41, 5.74) is 8.53. The monoisotopic (exact) mass is 432 g/mol. The zero-order valence-electron chi connectivity index (χ0n) is 18.0. The highest BCUT2D eigenvalue weighted by atomic mass is 32.2. The maximum Gasteiger partial charge on any atom is 0.303 e. The number of benzene rings is 1. The molecule has 0 radical (unpaired) electrons. The van der Waals surface area contributed by atoms with Crippen LogP contribution in [0.4, 0.5) is 11.8 Å². The topological polar surface area (TPSA) is 110 Å². The van der Waals surface area contributed by atoms with E-state index in [0.717, 1.165) is 41.9 Å². The molecule has 1 aromatic heterocycles. The summed E-state index contributed by atoms with van der Waals surface area (Å²) in [6, 6.07) is 8.05. The van der Waals surface area contributed by atoms with Gasteiger partial charge in [0, 0.05) is 24.4 Å². The fraction of sp³-hybridized carbons (Fsp3) is 0.500. The number of anilines is 2. The van der Waals surface area contributed by atoms with Crippen LogP contribution in [0.5, 0.6) is 5.75 Å². The molecule has 0 unspecified atom stereocenters. The zero-order chi connectivity index (χ0) is 21.9. The van der Waals surface area contributed by atoms with Crippen molar-refractivity contribution in [3.8, 4) is 5.75 Å². The normalized spacial score (nSPS) is 11.8. The molecule has 2 aromatic rings. The molecule has 4 N–H and O–H groups in total. The number of methoxy groups -OCH3 is 1. The van der Waals surface area contributed by atoms with E-state index in [2.05, 4.69) is 28.5 Å². The standard InChI is InChI=1S/C22H32N4O3S/c1-4-7-16(12-13-30-3)24-21-17(14-15-8-5-6-9-19(15)29-2)18(10-11-20(27)28)25-22(23)26-21/h5-6,8-9,16H,4,7,10-14H2,1-3H3,(H,27,28)(H3,23,24,25,26)/t16-/m0/s1. The maximum atomic E-state index is 11.2. The lowest BCUT2D eigenvalue weighted by Gasteiger charge is -2.22. The Labute approximate surface area is 182 Å². The largest absolute Gasteiger partial charge is 0.496 e. The Balaban J connectivity index is 2.45. The van der Waals surface area contributed by atoms with Gasteiger partial charge in [-0.15, -0.1) is 0 Å². The van der Waals surface area contributed by atoms with E-state index in [9.17, 15) is 9.90 Å². The predicted molar refractivity (Wildman–Crippen MR) is 124 cm³/mol. The van der Waals surface area contributed by atoms with Crippen LogP contribution >= 0.6 is 11.8 Å². The quantitative estimate of drug-likeness (QED) is 0.435. The second kappa shape index (κ2) is 12.3. The minimum Gasteiger partial charge on any atom is -0.496 e. The number of rotatable bonds is 13. The van der Waals surface area contributed by atoms with Crippen molar-refractivity contribution in [1.82, 2.24) is 9.97 Å². The molecule has 0 aliphatic rings. The first-order chi connectivity index (χ1) is 14.5. The zero-order valence-corrected chi connectivity index (χ0v) is 18.8. The minimum absolute atomic E-state index is 0.0142. The summed E-state index contributed by atoms with van der Waals surface area (Å²) in [5.74, 6) is 1.80. The molecule has 164 valence electrons. The van der Waals surface area contributed by atoms with E-state index in [0.29, 0.717) is 24.4 Å². The smallest absolute Gasteiger partial charge is 0.303 e. The van der Waals surface area contributed by atoms with Crippen molar-refractivity contribution in [1.29, 1.82) is 0 Å². The van der Waals surface area contributed by atoms with Gasteiger partial charge in [-0.2, -0.15) is 16.7 Å². The van der Waals surface area contributed by atoms with Gasteiger partial charge in [-0.1, -0.05) is 31.5 Å². The van der Waals surface area contributed by atoms with Crippen molar-refractivity contribution in [3.05, 3.63) is 41.1 Å². The number of thioether (sulfide) groups is 1. The van der Waals surface area contributed by atoms with Crippen LogP contribution in [0.25, 0.3) is 0 Å². The van der Waals surface area contributed by atoms with Crippen LogP contribution in [-0.4, -0.2) is 46.2 Å². The number of nitrogen functional groups attached to an aromatic ring is 1. The first-order valence-electron chi connectivity index (χ1n) is 10.2. The first kappa shape index (κ1) is 23.8. The van der Waals surface area contributed by atoms with E-state index in [1.165, 1.54) is 0 Å². The summed E-state index contributed by atoms with van der Waals surface area (Å²) in [5, 5.41) is 12.8. The molecule has 2 rings (SSSR count). The number of aliphatic carboxylic acids is 1. The number of nitrogens with one attached hydrogen (secondary N) is 1. The van der Waals surface area contributed by atoms with Crippen molar-refractivity contribution in [2.45, 2.75) is 51.5 Å². The first-order valence-corrected chi connectivity index (χ1v) is 11.6. The fourth-order valence-electron chi connectivity index (χ4n) is 3.42. The summed E-state index contributed by atoms with van der Waals surface area (Å²) in [7, 11) is 1.64. The lowest BCUT2D eigenvalue weighted by atomic mass is 9.99. The van der Waals surface area contributed by atoms with Crippen LogP contribution in [0.1, 0.15) is 49.4 Å². The minimum atomic E-state index is -0.867. The van der Waals surface area contributed by atoms with Gasteiger partial charge in [-0.3, -0.25) is 4.79 Å². The number of carbonyl (C=O) groups is 1. The van der Waals surface area contributed by atoms with Crippen molar-refractivity contribution in [3.63, 3.8) is 0 Å². The molecule has 1 atom stereocenters. The Bertz CT molecular complexity index is 832. The van der Waals surface area contributed by atoms with Crippen molar-refractivity contribution in [2.75, 3.05) is 30.2 Å². The van der Waals surface area contributed by atoms with Gasteiger partial charge in [0.15, 0.2) is 0 Å². The Hall–Kier alpha value is -2.48. The van der Waals surface area contributed by atoms with E-state index >= 15 is 0 Å². The van der Waals surface area contributed by atoms with E-state index < -0.39 is 5.97 Å². The average molecular weight is 433 g/mol. The molecule has 1 heterocycles. The highest BCUT2D eigenvalue weighted by Crippen LogP contribution is 2.28. The molecular weight excluding hydrogens is 400 g/mol. The molecule has 0 aliphatic heterocycles. The van der Waals surface area contributed by atoms with Gasteiger partial charge in [0.1, 0.15) is 11.6 Å². The summed E-state index contributed by atoms with van der Waals surface area (Å²) < 4.78 is 5.51. The lowest BCUT2D eigenvalue weighted by molar-refractivity contribution is -0.136. The Morgan fingerprint density at radius 1 is 1.30 bits per heavy atom. The number of nitrogens with zero attached hydrogens (tertiary/aromatic N) is 2. The summed E-state index contributed by atoms with van der Waals surface area (Å²) in [4.78, 5) is 20.1. The molecule has 8 heteroatoms. The molecule has 0 aliphatic carbocycles. The van der Waals surface area contributed by atoms with Crippen molar-refractivity contribution in [2.24, 2.45) is 0 Å². The third-order valence-electron chi connectivity index (χ3n) is 4.89. The number of aryl methyl sites for hydroxylation is 1. The third-order valence-corrected chi connectivity index (χ3v) is 5.54. The van der Waals surface area contributed by atoms with Crippen LogP contribution in [0.15, 0.2) is 24.3 Å². The summed E-state index contributed by atoms with van der Waals surface area (Å²) >= 11 is 1.82. The average Bonchev–Trinajstić information content (AvgIpc) is 2.72. The van der Waals surface area contributed by atoms with Gasteiger partial charge in [0.2, 0.25) is 5.95 Å². The van der Waals surface area contributed by atoms with Crippen molar-refractivity contribution < 1.29 is 14.6 Å². The molecule has 0 fully saturated rings. The Morgan fingerprint density at radius 3 is 2.73 bits per heavy atom. The van der Waals surface area contributed by atoms with Gasteiger partial charge in [0.05, 0.1) is 19.2 Å². The number of aromatic nitrogens is 2. The Morgan fingerprint density at radius 2 is 2.07 bits per heavy atom. The number of hydrogen-bond donors (Lipinski definition) is 3. The van der Waals surface area contributed by atoms with E-state index in [1.807, 2.05) is 36.0 Å². The fourth-order valence-corrected chi connectivity index (χ4v) is 3.94. The number of carboxylic acids is 1. The molecule has 0 saturated heterocycles. The van der Waals surface area contributed by atoms with Crippen LogP contribution in [0.2, 0.25) is 0 Å². The second-order valence-electron chi connectivity index (χ2n) is 7.15. The van der Waals surface area contributed by atoms with Crippen LogP contribution in [0.3, 0.4) is 0 Å². The summed E-state index contributed by atoms with van der Waals surface area (Å²) in [6.45, 7) is 2.16. The van der Waals surface area contributed by atoms with Crippen LogP contribution < -0.4 is 15.8 Å². The third kappa shape index (κ3) is 7.09. The lowest BCUT2D eigenvalue weighted by Crippen LogP contribution is -2.23. The second-order valence-corrected chi connectivity index (χ2v) is 8.14.